The number of anilines is 1. The van der Waals surface area contributed by atoms with E-state index in [1.54, 1.807) is 30.5 Å². The van der Waals surface area contributed by atoms with Gasteiger partial charge in [0.1, 0.15) is 5.01 Å². The van der Waals surface area contributed by atoms with Crippen LogP contribution in [-0.2, 0) is 6.42 Å². The second kappa shape index (κ2) is 9.31. The fraction of sp³-hybridized carbons (Fsp3) is 0.107. The van der Waals surface area contributed by atoms with Gasteiger partial charge in [-0.15, -0.1) is 10.2 Å². The first-order valence-electron chi connectivity index (χ1n) is 11.6. The van der Waals surface area contributed by atoms with Crippen molar-refractivity contribution < 1.29 is 9.59 Å². The van der Waals surface area contributed by atoms with E-state index in [1.165, 1.54) is 16.2 Å². The third kappa shape index (κ3) is 4.23. The molecule has 0 aliphatic carbocycles. The molecule has 7 nitrogen and oxygen atoms in total. The number of carbonyl (C=O) groups excluding carboxylic acids is 2. The molecule has 3 aromatic carbocycles. The van der Waals surface area contributed by atoms with Gasteiger partial charge in [-0.1, -0.05) is 65.9 Å². The molecule has 0 bridgehead atoms. The Morgan fingerprint density at radius 1 is 0.833 bits per heavy atom. The number of carbonyl (C=O) groups is 2. The van der Waals surface area contributed by atoms with Crippen LogP contribution in [0.1, 0.15) is 26.3 Å². The average Bonchev–Trinajstić information content (AvgIpc) is 3.48. The van der Waals surface area contributed by atoms with E-state index in [0.29, 0.717) is 22.7 Å². The van der Waals surface area contributed by atoms with Crippen molar-refractivity contribution in [3.63, 3.8) is 0 Å². The third-order valence-electron chi connectivity index (χ3n) is 6.25. The minimum absolute atomic E-state index is 0.221. The van der Waals surface area contributed by atoms with E-state index in [-0.39, 0.29) is 24.4 Å². The molecule has 2 amide bonds. The van der Waals surface area contributed by atoms with Crippen LogP contribution in [0, 0.1) is 0 Å². The quantitative estimate of drug-likeness (QED) is 0.320. The number of fused-ring (bicyclic) bond motifs is 2. The van der Waals surface area contributed by atoms with Crippen LogP contribution in [-0.4, -0.2) is 44.5 Å². The average molecular weight is 492 g/mol. The fourth-order valence-corrected chi connectivity index (χ4v) is 5.29. The van der Waals surface area contributed by atoms with Gasteiger partial charge in [-0.3, -0.25) is 19.5 Å². The number of hydrogen-bond donors (Lipinski definition) is 1. The maximum Gasteiger partial charge on any atom is 0.261 e. The highest BCUT2D eigenvalue weighted by Crippen LogP contribution is 2.30. The summed E-state index contributed by atoms with van der Waals surface area (Å²) in [4.78, 5) is 31.5. The summed E-state index contributed by atoms with van der Waals surface area (Å²) < 4.78 is 0. The van der Waals surface area contributed by atoms with Gasteiger partial charge in [0.15, 0.2) is 0 Å². The summed E-state index contributed by atoms with van der Waals surface area (Å²) in [5.41, 5.74) is 2.97. The molecule has 0 radical (unpaired) electrons. The molecule has 0 spiro atoms. The number of rotatable bonds is 7. The van der Waals surface area contributed by atoms with Crippen molar-refractivity contribution >= 4 is 39.1 Å². The molecule has 6 rings (SSSR count). The van der Waals surface area contributed by atoms with Gasteiger partial charge in [-0.2, -0.15) is 0 Å². The zero-order valence-electron chi connectivity index (χ0n) is 19.2. The van der Waals surface area contributed by atoms with E-state index in [4.69, 9.17) is 0 Å². The number of nitrogens with zero attached hydrogens (tertiary/aromatic N) is 4. The van der Waals surface area contributed by atoms with Gasteiger partial charge in [0.2, 0.25) is 5.13 Å². The predicted molar refractivity (Wildman–Crippen MR) is 140 cm³/mol. The van der Waals surface area contributed by atoms with Gasteiger partial charge in [-0.25, -0.2) is 0 Å². The van der Waals surface area contributed by atoms with E-state index < -0.39 is 0 Å². The Morgan fingerprint density at radius 3 is 2.36 bits per heavy atom. The molecule has 2 aromatic heterocycles. The summed E-state index contributed by atoms with van der Waals surface area (Å²) in [6.07, 6.45) is 4.22. The molecule has 0 unspecified atom stereocenters. The van der Waals surface area contributed by atoms with Crippen molar-refractivity contribution in [2.24, 2.45) is 0 Å². The topological polar surface area (TPSA) is 88.1 Å². The van der Waals surface area contributed by atoms with Crippen LogP contribution in [0.15, 0.2) is 91.3 Å². The smallest absolute Gasteiger partial charge is 0.261 e. The Bertz CT molecular complexity index is 1550. The van der Waals surface area contributed by atoms with Crippen molar-refractivity contribution in [1.82, 2.24) is 20.1 Å². The Labute approximate surface area is 211 Å². The van der Waals surface area contributed by atoms with E-state index in [2.05, 4.69) is 26.6 Å². The van der Waals surface area contributed by atoms with Crippen LogP contribution in [0.5, 0.6) is 0 Å². The van der Waals surface area contributed by atoms with Crippen molar-refractivity contribution in [3.05, 3.63) is 108 Å². The molecular formula is C28H21N5O2S. The molecule has 1 aliphatic heterocycles. The molecule has 0 saturated heterocycles. The Morgan fingerprint density at radius 2 is 1.58 bits per heavy atom. The molecule has 3 heterocycles. The molecule has 36 heavy (non-hydrogen) atoms. The predicted octanol–water partition coefficient (Wildman–Crippen LogP) is 5.07. The highest BCUT2D eigenvalue weighted by atomic mass is 32.1. The molecule has 8 heteroatoms. The third-order valence-corrected chi connectivity index (χ3v) is 7.15. The van der Waals surface area contributed by atoms with Gasteiger partial charge in [0, 0.05) is 29.9 Å². The highest BCUT2D eigenvalue weighted by Gasteiger charge is 2.36. The van der Waals surface area contributed by atoms with E-state index in [9.17, 15) is 9.59 Å². The van der Waals surface area contributed by atoms with Crippen LogP contribution >= 0.6 is 11.3 Å². The van der Waals surface area contributed by atoms with Crippen LogP contribution in [0.2, 0.25) is 0 Å². The summed E-state index contributed by atoms with van der Waals surface area (Å²) in [7, 11) is 0. The lowest BCUT2D eigenvalue weighted by atomic mass is 10.1. The molecule has 176 valence electrons. The van der Waals surface area contributed by atoms with Crippen molar-refractivity contribution in [3.8, 4) is 10.6 Å². The molecule has 0 fully saturated rings. The maximum atomic E-state index is 13.0. The lowest BCUT2D eigenvalue weighted by Gasteiger charge is -2.23. The lowest BCUT2D eigenvalue weighted by molar-refractivity contribution is 0.0647. The molecule has 1 atom stereocenters. The Hall–Kier alpha value is -4.43. The molecule has 1 aliphatic rings. The van der Waals surface area contributed by atoms with Gasteiger partial charge in [0.05, 0.1) is 17.2 Å². The first-order valence-corrected chi connectivity index (χ1v) is 12.4. The summed E-state index contributed by atoms with van der Waals surface area (Å²) >= 11 is 1.44. The minimum atomic E-state index is -0.265. The summed E-state index contributed by atoms with van der Waals surface area (Å²) in [5.74, 6) is -0.530. The lowest BCUT2D eigenvalue weighted by Crippen LogP contribution is -2.41. The number of imide groups is 1. The highest BCUT2D eigenvalue weighted by molar-refractivity contribution is 7.18. The standard InChI is InChI=1S/C28H21N5O2S/c34-26-23-8-4-5-9-24(23)27(35)33(26)17-22(14-18-6-2-1-3-7-18)30-28-32-31-25(36-28)20-10-11-21-16-29-13-12-19(21)15-20/h1-13,15-16,22H,14,17H2,(H,30,32)/t22-/m1/s1. The summed E-state index contributed by atoms with van der Waals surface area (Å²) in [6.45, 7) is 0.221. The van der Waals surface area contributed by atoms with Gasteiger partial charge < -0.3 is 5.32 Å². The number of pyridine rings is 1. The van der Waals surface area contributed by atoms with Crippen LogP contribution in [0.3, 0.4) is 0 Å². The van der Waals surface area contributed by atoms with E-state index >= 15 is 0 Å². The first-order chi connectivity index (χ1) is 17.7. The van der Waals surface area contributed by atoms with E-state index in [1.807, 2.05) is 54.7 Å². The number of amides is 2. The molecule has 0 saturated carbocycles. The van der Waals surface area contributed by atoms with E-state index in [0.717, 1.165) is 26.9 Å². The zero-order chi connectivity index (χ0) is 24.5. The molecule has 5 aromatic rings. The second-order valence-electron chi connectivity index (χ2n) is 8.65. The first kappa shape index (κ1) is 22.1. The number of hydrogen-bond acceptors (Lipinski definition) is 7. The fourth-order valence-electron chi connectivity index (χ4n) is 4.47. The van der Waals surface area contributed by atoms with Gasteiger partial charge in [0.25, 0.3) is 11.8 Å². The zero-order valence-corrected chi connectivity index (χ0v) is 20.0. The van der Waals surface area contributed by atoms with Crippen LogP contribution in [0.25, 0.3) is 21.3 Å². The summed E-state index contributed by atoms with van der Waals surface area (Å²) in [6, 6.07) is 24.8. The SMILES string of the molecule is O=C1c2ccccc2C(=O)N1C[C@@H](Cc1ccccc1)Nc1nnc(-c2ccc3cnccc3c2)s1. The number of benzene rings is 3. The van der Waals surface area contributed by atoms with Crippen LogP contribution < -0.4 is 5.32 Å². The minimum Gasteiger partial charge on any atom is -0.355 e. The molecule has 1 N–H and O–H groups in total. The number of aromatic nitrogens is 3. The van der Waals surface area contributed by atoms with Gasteiger partial charge >= 0.3 is 0 Å². The maximum absolute atomic E-state index is 13.0. The van der Waals surface area contributed by atoms with Gasteiger partial charge in [-0.05, 0) is 41.6 Å². The second-order valence-corrected chi connectivity index (χ2v) is 9.62. The van der Waals surface area contributed by atoms with Crippen molar-refractivity contribution in [1.29, 1.82) is 0 Å². The Kier molecular flexibility index (Phi) is 5.71. The normalized spacial score (nSPS) is 13.7. The Balaban J connectivity index is 1.26. The monoisotopic (exact) mass is 491 g/mol. The molecular weight excluding hydrogens is 470 g/mol. The number of nitrogens with one attached hydrogen (secondary N) is 1. The van der Waals surface area contributed by atoms with Crippen LogP contribution in [0.4, 0.5) is 5.13 Å². The summed E-state index contributed by atoms with van der Waals surface area (Å²) in [5, 5.41) is 15.8. The largest absolute Gasteiger partial charge is 0.355 e. The van der Waals surface area contributed by atoms with Crippen molar-refractivity contribution in [2.75, 3.05) is 11.9 Å². The van der Waals surface area contributed by atoms with Crippen molar-refractivity contribution in [2.45, 2.75) is 12.5 Å².